The van der Waals surface area contributed by atoms with E-state index >= 15 is 0 Å². The molecule has 0 amide bonds. The molecule has 11 rings (SSSR count). The van der Waals surface area contributed by atoms with Crippen LogP contribution in [0.1, 0.15) is 104 Å². The summed E-state index contributed by atoms with van der Waals surface area (Å²) in [5, 5.41) is 109. The lowest BCUT2D eigenvalue weighted by atomic mass is 9.70. The monoisotopic (exact) mass is 924 g/mol. The highest BCUT2D eigenvalue weighted by molar-refractivity contribution is 5.65. The van der Waals surface area contributed by atoms with E-state index in [1.807, 2.05) is 0 Å². The average molecular weight is 925 g/mol. The molecule has 13 nitrogen and oxygen atoms in total. The number of rotatable bonds is 8. The molecule has 0 unspecified atom stereocenters. The van der Waals surface area contributed by atoms with Gasteiger partial charge in [0, 0.05) is 47.2 Å². The van der Waals surface area contributed by atoms with Gasteiger partial charge in [-0.15, -0.1) is 0 Å². The van der Waals surface area contributed by atoms with Crippen molar-refractivity contribution < 1.29 is 65.3 Å². The Hall–Kier alpha value is -8.68. The van der Waals surface area contributed by atoms with Gasteiger partial charge in [-0.05, 0) is 129 Å². The number of phenolic OH excluding ortho intramolecular Hbond substituents is 10. The summed E-state index contributed by atoms with van der Waals surface area (Å²) in [5.41, 5.74) is 5.70. The maximum atomic E-state index is 11.8. The van der Waals surface area contributed by atoms with Crippen LogP contribution in [0.2, 0.25) is 0 Å². The minimum atomic E-state index is -0.899. The minimum absolute atomic E-state index is 0.00798. The number of phenols is 10. The van der Waals surface area contributed by atoms with Crippen LogP contribution in [0.15, 0.2) is 158 Å². The average Bonchev–Trinajstić information content (AvgIpc) is 4.01. The fourth-order valence-corrected chi connectivity index (χ4v) is 10.8. The van der Waals surface area contributed by atoms with Gasteiger partial charge in [0.1, 0.15) is 81.2 Å². The Morgan fingerprint density at radius 3 is 1.03 bits per heavy atom. The molecular weight excluding hydrogens is 881 g/mol. The van der Waals surface area contributed by atoms with Crippen LogP contribution >= 0.6 is 0 Å². The van der Waals surface area contributed by atoms with E-state index < -0.39 is 48.1 Å². The Morgan fingerprint density at radius 2 is 0.594 bits per heavy atom. The summed E-state index contributed by atoms with van der Waals surface area (Å²) in [6, 6.07) is 40.9. The molecule has 10 N–H and O–H groups in total. The van der Waals surface area contributed by atoms with E-state index in [1.165, 1.54) is 72.8 Å². The summed E-state index contributed by atoms with van der Waals surface area (Å²) < 4.78 is 20.9. The standard InChI is InChI=1S/C56H44O13/c57-33-9-1-27(2-10-33)53-47(31-17-37(61)21-38(62)18-31)49-43(23-41(65)25-45(49)67-53)52-50-44(24-42(66)26-46(50)68-55(52)29-5-13-35(59)14-6-29)51-48(32-19-39(63)22-40(64)20-32)54(28-3-11-34(58)12-4-28)69-56(51)30-7-15-36(60)16-8-30/h1-26,47-48,51-66H/t47-,48-,51+,52+,53+,54+,55-,56-/m0/s1. The number of benzene rings is 8. The quantitative estimate of drug-likeness (QED) is 0.0685. The van der Waals surface area contributed by atoms with Crippen LogP contribution in [0.4, 0.5) is 0 Å². The van der Waals surface area contributed by atoms with Crippen LogP contribution in [0, 0.1) is 0 Å². The van der Waals surface area contributed by atoms with Crippen LogP contribution in [0.3, 0.4) is 0 Å². The van der Waals surface area contributed by atoms with Gasteiger partial charge in [0.15, 0.2) is 0 Å². The van der Waals surface area contributed by atoms with Gasteiger partial charge in [0.25, 0.3) is 0 Å². The molecule has 3 heterocycles. The van der Waals surface area contributed by atoms with Gasteiger partial charge in [-0.3, -0.25) is 0 Å². The van der Waals surface area contributed by atoms with Gasteiger partial charge in [0.2, 0.25) is 0 Å². The van der Waals surface area contributed by atoms with Crippen LogP contribution < -0.4 is 9.47 Å². The number of hydrogen-bond acceptors (Lipinski definition) is 13. The van der Waals surface area contributed by atoms with Crippen molar-refractivity contribution in [1.82, 2.24) is 0 Å². The summed E-state index contributed by atoms with van der Waals surface area (Å²) in [5.74, 6) is -3.64. The molecule has 0 saturated carbocycles. The molecular formula is C56H44O13. The molecule has 346 valence electrons. The number of hydrogen-bond donors (Lipinski definition) is 10. The zero-order valence-electron chi connectivity index (χ0n) is 36.3. The molecule has 0 radical (unpaired) electrons. The molecule has 0 bridgehead atoms. The molecule has 1 fully saturated rings. The molecule has 3 aliphatic heterocycles. The lowest BCUT2D eigenvalue weighted by molar-refractivity contribution is 0.0366. The van der Waals surface area contributed by atoms with Crippen molar-refractivity contribution >= 4 is 0 Å². The SMILES string of the molecule is Oc1ccc([C@H]2Oc3cc(O)cc([C@@H]4c5c(cc(O)cc5[C@@H]5[C@H](c6cc(O)cc(O)c6)[C@@H](c6ccc(O)cc6)O[C@H]5c5ccc(O)cc5)O[C@H]4c4ccc(O)cc4)c3[C@@H]2c2cc(O)cc(O)c2)cc1. The van der Waals surface area contributed by atoms with Crippen molar-refractivity contribution in [2.45, 2.75) is 48.1 Å². The van der Waals surface area contributed by atoms with Crippen LogP contribution in [0.5, 0.6) is 69.0 Å². The maximum absolute atomic E-state index is 11.8. The van der Waals surface area contributed by atoms with Crippen molar-refractivity contribution in [1.29, 1.82) is 0 Å². The van der Waals surface area contributed by atoms with E-state index in [-0.39, 0.29) is 63.2 Å². The largest absolute Gasteiger partial charge is 0.508 e. The fourth-order valence-electron chi connectivity index (χ4n) is 10.8. The zero-order chi connectivity index (χ0) is 47.8. The third-order valence-corrected chi connectivity index (χ3v) is 13.6. The van der Waals surface area contributed by atoms with Crippen LogP contribution in [-0.2, 0) is 4.74 Å². The first-order valence-corrected chi connectivity index (χ1v) is 22.2. The van der Waals surface area contributed by atoms with Crippen molar-refractivity contribution in [3.8, 4) is 69.0 Å². The lowest BCUT2D eigenvalue weighted by Gasteiger charge is -2.30. The first-order valence-electron chi connectivity index (χ1n) is 22.2. The third-order valence-electron chi connectivity index (χ3n) is 13.6. The van der Waals surface area contributed by atoms with Crippen molar-refractivity contribution in [3.63, 3.8) is 0 Å². The van der Waals surface area contributed by atoms with Gasteiger partial charge in [-0.25, -0.2) is 0 Å². The normalized spacial score (nSPS) is 22.4. The Bertz CT molecular complexity index is 3200. The predicted octanol–water partition coefficient (Wildman–Crippen LogP) is 10.7. The highest BCUT2D eigenvalue weighted by atomic mass is 16.5. The predicted molar refractivity (Wildman–Crippen MR) is 251 cm³/mol. The first kappa shape index (κ1) is 42.9. The molecule has 8 aromatic carbocycles. The Morgan fingerprint density at radius 1 is 0.261 bits per heavy atom. The topological polar surface area (TPSA) is 230 Å². The molecule has 3 aliphatic rings. The molecule has 8 atom stereocenters. The van der Waals surface area contributed by atoms with Gasteiger partial charge < -0.3 is 65.3 Å². The third kappa shape index (κ3) is 7.68. The molecule has 69 heavy (non-hydrogen) atoms. The Kier molecular flexibility index (Phi) is 10.3. The second-order valence-corrected chi connectivity index (χ2v) is 17.9. The second kappa shape index (κ2) is 16.6. The summed E-state index contributed by atoms with van der Waals surface area (Å²) in [6.07, 6.45) is -3.37. The van der Waals surface area contributed by atoms with Crippen LogP contribution in [0.25, 0.3) is 0 Å². The zero-order valence-corrected chi connectivity index (χ0v) is 36.3. The van der Waals surface area contributed by atoms with Gasteiger partial charge >= 0.3 is 0 Å². The van der Waals surface area contributed by atoms with Gasteiger partial charge in [-0.1, -0.05) is 48.5 Å². The van der Waals surface area contributed by atoms with Crippen molar-refractivity contribution in [2.75, 3.05) is 0 Å². The fraction of sp³-hybridized carbons (Fsp3) is 0.143. The molecule has 0 aromatic heterocycles. The molecule has 8 aromatic rings. The summed E-state index contributed by atoms with van der Waals surface area (Å²) in [7, 11) is 0. The Labute approximate surface area is 394 Å². The highest BCUT2D eigenvalue weighted by Gasteiger charge is 2.52. The molecule has 13 heteroatoms. The summed E-state index contributed by atoms with van der Waals surface area (Å²) >= 11 is 0. The van der Waals surface area contributed by atoms with Crippen LogP contribution in [-0.4, -0.2) is 51.1 Å². The van der Waals surface area contributed by atoms with E-state index in [0.717, 1.165) is 0 Å². The van der Waals surface area contributed by atoms with Gasteiger partial charge in [0.05, 0.1) is 24.0 Å². The molecule has 1 saturated heterocycles. The van der Waals surface area contributed by atoms with Gasteiger partial charge in [-0.2, -0.15) is 0 Å². The number of aromatic hydroxyl groups is 10. The molecule has 0 spiro atoms. The number of ether oxygens (including phenoxy) is 3. The first-order chi connectivity index (χ1) is 33.3. The summed E-state index contributed by atoms with van der Waals surface area (Å²) in [6.45, 7) is 0. The van der Waals surface area contributed by atoms with E-state index in [4.69, 9.17) is 14.2 Å². The highest BCUT2D eigenvalue weighted by Crippen LogP contribution is 2.65. The van der Waals surface area contributed by atoms with Crippen molar-refractivity contribution in [3.05, 3.63) is 213 Å². The van der Waals surface area contributed by atoms with E-state index in [1.54, 1.807) is 84.9 Å². The smallest absolute Gasteiger partial charge is 0.135 e. The van der Waals surface area contributed by atoms with E-state index in [9.17, 15) is 51.1 Å². The second-order valence-electron chi connectivity index (χ2n) is 17.9. The van der Waals surface area contributed by atoms with E-state index in [2.05, 4.69) is 0 Å². The summed E-state index contributed by atoms with van der Waals surface area (Å²) in [4.78, 5) is 0. The van der Waals surface area contributed by atoms with Crippen molar-refractivity contribution in [2.24, 2.45) is 0 Å². The van der Waals surface area contributed by atoms with E-state index in [0.29, 0.717) is 61.4 Å². The Balaban J connectivity index is 1.20. The molecule has 0 aliphatic carbocycles. The number of fused-ring (bicyclic) bond motifs is 2. The minimum Gasteiger partial charge on any atom is -0.508 e. The lowest BCUT2D eigenvalue weighted by Crippen LogP contribution is -2.19. The maximum Gasteiger partial charge on any atom is 0.135 e.